The summed E-state index contributed by atoms with van der Waals surface area (Å²) in [6.45, 7) is 9.47. The molecule has 1 unspecified atom stereocenters. The van der Waals surface area contributed by atoms with Gasteiger partial charge < -0.3 is 0 Å². The molecule has 1 heterocycles. The van der Waals surface area contributed by atoms with Crippen LogP contribution < -0.4 is 11.3 Å². The second-order valence-corrected chi connectivity index (χ2v) is 7.33. The van der Waals surface area contributed by atoms with Gasteiger partial charge in [-0.3, -0.25) is 16.2 Å². The Morgan fingerprint density at radius 3 is 2.00 bits per heavy atom. The highest BCUT2D eigenvalue weighted by Crippen LogP contribution is 2.26. The Labute approximate surface area is 133 Å². The Balaban J connectivity index is 2.15. The lowest BCUT2D eigenvalue weighted by Crippen LogP contribution is -2.58. The summed E-state index contributed by atoms with van der Waals surface area (Å²) >= 11 is 0. The van der Waals surface area contributed by atoms with Gasteiger partial charge in [-0.2, -0.15) is 0 Å². The standard InChI is InChI=1S/C18H39N3/c1-4-5-6-7-8-9-10-11-14-17(20-19)18(2,3)21-15-12-13-16-21/h17,20H,4-16,19H2,1-3H3. The third-order valence-corrected chi connectivity index (χ3v) is 5.32. The topological polar surface area (TPSA) is 41.3 Å². The molecule has 3 nitrogen and oxygen atoms in total. The lowest BCUT2D eigenvalue weighted by Gasteiger charge is -2.42. The number of hydrazine groups is 1. The van der Waals surface area contributed by atoms with E-state index in [1.165, 1.54) is 83.7 Å². The molecule has 1 atom stereocenters. The minimum Gasteiger partial charge on any atom is -0.297 e. The van der Waals surface area contributed by atoms with Crippen LogP contribution in [0.25, 0.3) is 0 Å². The molecule has 0 amide bonds. The molecule has 0 radical (unpaired) electrons. The molecule has 1 aliphatic rings. The van der Waals surface area contributed by atoms with E-state index < -0.39 is 0 Å². The smallest absolute Gasteiger partial charge is 0.0389 e. The van der Waals surface area contributed by atoms with Gasteiger partial charge in [0.15, 0.2) is 0 Å². The van der Waals surface area contributed by atoms with Crippen molar-refractivity contribution in [1.82, 2.24) is 10.3 Å². The van der Waals surface area contributed by atoms with Crippen LogP contribution in [0.3, 0.4) is 0 Å². The van der Waals surface area contributed by atoms with Crippen molar-refractivity contribution in [3.05, 3.63) is 0 Å². The SMILES string of the molecule is CCCCCCCCCCC(NN)C(C)(C)N1CCCC1. The van der Waals surface area contributed by atoms with Gasteiger partial charge in [-0.25, -0.2) is 0 Å². The van der Waals surface area contributed by atoms with Gasteiger partial charge in [0.05, 0.1) is 0 Å². The van der Waals surface area contributed by atoms with Gasteiger partial charge in [-0.1, -0.05) is 58.3 Å². The number of rotatable bonds is 12. The molecule has 21 heavy (non-hydrogen) atoms. The van der Waals surface area contributed by atoms with Crippen molar-refractivity contribution in [3.8, 4) is 0 Å². The fourth-order valence-corrected chi connectivity index (χ4v) is 3.64. The van der Waals surface area contributed by atoms with Crippen LogP contribution in [0.5, 0.6) is 0 Å². The number of nitrogens with one attached hydrogen (secondary N) is 1. The maximum atomic E-state index is 5.85. The summed E-state index contributed by atoms with van der Waals surface area (Å²) in [6.07, 6.45) is 15.0. The molecule has 3 heteroatoms. The zero-order chi connectivity index (χ0) is 15.6. The number of nitrogens with zero attached hydrogens (tertiary/aromatic N) is 1. The van der Waals surface area contributed by atoms with Gasteiger partial charge in [0.2, 0.25) is 0 Å². The summed E-state index contributed by atoms with van der Waals surface area (Å²) in [5.74, 6) is 5.85. The van der Waals surface area contributed by atoms with Crippen molar-refractivity contribution in [2.75, 3.05) is 13.1 Å². The zero-order valence-electron chi connectivity index (χ0n) is 14.8. The van der Waals surface area contributed by atoms with Crippen LogP contribution in [-0.2, 0) is 0 Å². The van der Waals surface area contributed by atoms with Gasteiger partial charge in [-0.15, -0.1) is 0 Å². The minimum atomic E-state index is 0.187. The van der Waals surface area contributed by atoms with E-state index in [1.54, 1.807) is 0 Å². The van der Waals surface area contributed by atoms with Crippen molar-refractivity contribution >= 4 is 0 Å². The molecular weight excluding hydrogens is 258 g/mol. The minimum absolute atomic E-state index is 0.187. The maximum absolute atomic E-state index is 5.85. The first-order chi connectivity index (χ1) is 10.1. The summed E-state index contributed by atoms with van der Waals surface area (Å²) in [7, 11) is 0. The number of likely N-dealkylation sites (tertiary alicyclic amines) is 1. The maximum Gasteiger partial charge on any atom is 0.0389 e. The molecule has 1 rings (SSSR count). The van der Waals surface area contributed by atoms with Crippen molar-refractivity contribution in [2.45, 2.75) is 103 Å². The van der Waals surface area contributed by atoms with Gasteiger partial charge in [-0.05, 0) is 46.2 Å². The number of hydrogen-bond acceptors (Lipinski definition) is 3. The highest BCUT2D eigenvalue weighted by molar-refractivity contribution is 4.94. The molecule has 126 valence electrons. The van der Waals surface area contributed by atoms with Crippen LogP contribution in [0, 0.1) is 0 Å². The van der Waals surface area contributed by atoms with Crippen molar-refractivity contribution in [2.24, 2.45) is 5.84 Å². The van der Waals surface area contributed by atoms with Crippen LogP contribution in [0.4, 0.5) is 0 Å². The number of unbranched alkanes of at least 4 members (excludes halogenated alkanes) is 7. The second-order valence-electron chi connectivity index (χ2n) is 7.33. The summed E-state index contributed by atoms with van der Waals surface area (Å²) in [5.41, 5.74) is 3.28. The lowest BCUT2D eigenvalue weighted by molar-refractivity contribution is 0.101. The number of hydrogen-bond donors (Lipinski definition) is 2. The fraction of sp³-hybridized carbons (Fsp3) is 1.00. The molecule has 1 aliphatic heterocycles. The van der Waals surface area contributed by atoms with Crippen molar-refractivity contribution in [3.63, 3.8) is 0 Å². The van der Waals surface area contributed by atoms with Gasteiger partial charge in [0, 0.05) is 11.6 Å². The third kappa shape index (κ3) is 6.66. The monoisotopic (exact) mass is 297 g/mol. The molecule has 0 saturated carbocycles. The van der Waals surface area contributed by atoms with E-state index in [0.717, 1.165) is 0 Å². The van der Waals surface area contributed by atoms with Gasteiger partial charge >= 0.3 is 0 Å². The molecule has 0 aromatic carbocycles. The predicted molar refractivity (Wildman–Crippen MR) is 93.2 cm³/mol. The molecule has 0 aromatic rings. The van der Waals surface area contributed by atoms with E-state index in [4.69, 9.17) is 5.84 Å². The van der Waals surface area contributed by atoms with E-state index in [2.05, 4.69) is 31.1 Å². The Morgan fingerprint density at radius 1 is 0.952 bits per heavy atom. The quantitative estimate of drug-likeness (QED) is 0.322. The van der Waals surface area contributed by atoms with Crippen LogP contribution >= 0.6 is 0 Å². The van der Waals surface area contributed by atoms with Crippen LogP contribution in [0.15, 0.2) is 0 Å². The molecule has 3 N–H and O–H groups in total. The molecule has 0 aliphatic carbocycles. The lowest BCUT2D eigenvalue weighted by atomic mass is 9.88. The fourth-order valence-electron chi connectivity index (χ4n) is 3.64. The van der Waals surface area contributed by atoms with E-state index in [-0.39, 0.29) is 5.54 Å². The first-order valence-corrected chi connectivity index (χ1v) is 9.34. The third-order valence-electron chi connectivity index (χ3n) is 5.32. The zero-order valence-corrected chi connectivity index (χ0v) is 14.8. The highest BCUT2D eigenvalue weighted by Gasteiger charge is 2.35. The predicted octanol–water partition coefficient (Wildman–Crippen LogP) is 4.22. The van der Waals surface area contributed by atoms with E-state index >= 15 is 0 Å². The summed E-state index contributed by atoms with van der Waals surface area (Å²) in [6, 6.07) is 0.413. The van der Waals surface area contributed by atoms with E-state index in [0.29, 0.717) is 6.04 Å². The van der Waals surface area contributed by atoms with E-state index in [9.17, 15) is 0 Å². The average Bonchev–Trinajstić information content (AvgIpc) is 3.00. The Bertz CT molecular complexity index is 247. The van der Waals surface area contributed by atoms with Crippen molar-refractivity contribution in [1.29, 1.82) is 0 Å². The molecular formula is C18H39N3. The Hall–Kier alpha value is -0.120. The second kappa shape index (κ2) is 10.6. The summed E-state index contributed by atoms with van der Waals surface area (Å²) in [5, 5.41) is 0. The average molecular weight is 298 g/mol. The first-order valence-electron chi connectivity index (χ1n) is 9.34. The van der Waals surface area contributed by atoms with E-state index in [1.807, 2.05) is 0 Å². The first kappa shape index (κ1) is 18.9. The number of nitrogens with two attached hydrogens (primary N) is 1. The van der Waals surface area contributed by atoms with Crippen LogP contribution in [0.2, 0.25) is 0 Å². The summed E-state index contributed by atoms with van der Waals surface area (Å²) in [4.78, 5) is 2.61. The summed E-state index contributed by atoms with van der Waals surface area (Å²) < 4.78 is 0. The highest BCUT2D eigenvalue weighted by atomic mass is 15.3. The van der Waals surface area contributed by atoms with Gasteiger partial charge in [0.1, 0.15) is 0 Å². The molecule has 0 aromatic heterocycles. The molecule has 0 bridgehead atoms. The molecule has 1 fully saturated rings. The molecule has 0 spiro atoms. The van der Waals surface area contributed by atoms with Crippen LogP contribution in [0.1, 0.15) is 91.4 Å². The van der Waals surface area contributed by atoms with Gasteiger partial charge in [0.25, 0.3) is 0 Å². The molecule has 1 saturated heterocycles. The van der Waals surface area contributed by atoms with Crippen molar-refractivity contribution < 1.29 is 0 Å². The Morgan fingerprint density at radius 2 is 1.48 bits per heavy atom. The van der Waals surface area contributed by atoms with Crippen LogP contribution in [-0.4, -0.2) is 29.6 Å². The largest absolute Gasteiger partial charge is 0.297 e. The Kier molecular flexibility index (Phi) is 9.54. The normalized spacial score (nSPS) is 18.3.